The van der Waals surface area contributed by atoms with Gasteiger partial charge in [0.2, 0.25) is 0 Å². The van der Waals surface area contributed by atoms with E-state index in [0.717, 1.165) is 37.4 Å². The molecule has 2 aromatic carbocycles. The second-order valence-electron chi connectivity index (χ2n) is 6.65. The molecule has 5 heteroatoms. The number of benzene rings is 2. The molecule has 0 N–H and O–H groups in total. The van der Waals surface area contributed by atoms with Crippen LogP contribution in [-0.4, -0.2) is 52.4 Å². The van der Waals surface area contributed by atoms with E-state index in [2.05, 4.69) is 75.8 Å². The van der Waals surface area contributed by atoms with Crippen LogP contribution in [0.3, 0.4) is 0 Å². The Morgan fingerprint density at radius 2 is 1.64 bits per heavy atom. The summed E-state index contributed by atoms with van der Waals surface area (Å²) in [6.07, 6.45) is 4.13. The minimum Gasteiger partial charge on any atom is -0.369 e. The van der Waals surface area contributed by atoms with Crippen molar-refractivity contribution in [3.05, 3.63) is 54.2 Å². The molecule has 2 heterocycles. The van der Waals surface area contributed by atoms with E-state index in [1.165, 1.54) is 16.6 Å². The molecule has 0 saturated carbocycles. The summed E-state index contributed by atoms with van der Waals surface area (Å²) >= 11 is 0. The summed E-state index contributed by atoms with van der Waals surface area (Å²) < 4.78 is 4.48. The zero-order chi connectivity index (χ0) is 17.4. The monoisotopic (exact) mass is 352 g/mol. The fourth-order valence-electron chi connectivity index (χ4n) is 3.40. The number of aromatic nitrogens is 2. The number of nitrogens with zero attached hydrogens (tertiary/aromatic N) is 4. The zero-order valence-corrected chi connectivity index (χ0v) is 15.7. The summed E-state index contributed by atoms with van der Waals surface area (Å²) in [5.74, 6) is 4.16. The molecule has 0 aliphatic carbocycles. The van der Waals surface area contributed by atoms with Crippen molar-refractivity contribution in [2.75, 3.05) is 37.3 Å². The molecule has 1 atom stereocenters. The van der Waals surface area contributed by atoms with Gasteiger partial charge in [0.15, 0.2) is 0 Å². The maximum absolute atomic E-state index is 4.57. The highest BCUT2D eigenvalue weighted by Gasteiger charge is 2.17. The first-order valence-electron chi connectivity index (χ1n) is 8.62. The molecule has 1 aromatic heterocycles. The minimum absolute atomic E-state index is 0.132. The van der Waals surface area contributed by atoms with E-state index >= 15 is 0 Å². The first-order valence-corrected chi connectivity index (χ1v) is 10.4. The van der Waals surface area contributed by atoms with E-state index in [4.69, 9.17) is 0 Å². The third kappa shape index (κ3) is 3.22. The summed E-state index contributed by atoms with van der Waals surface area (Å²) in [6.45, 7) is 6.43. The summed E-state index contributed by atoms with van der Waals surface area (Å²) in [4.78, 5) is 2.46. The molecule has 1 unspecified atom stereocenters. The third-order valence-corrected chi connectivity index (χ3v) is 6.11. The Morgan fingerprint density at radius 3 is 2.32 bits per heavy atom. The van der Waals surface area contributed by atoms with Crippen molar-refractivity contribution >= 4 is 33.1 Å². The fraction of sp³-hybridized carbons (Fsp3) is 0.300. The Hall–Kier alpha value is -2.11. The molecule has 1 aliphatic rings. The highest BCUT2D eigenvalue weighted by Crippen LogP contribution is 2.24. The van der Waals surface area contributed by atoms with Gasteiger partial charge < -0.3 is 4.90 Å². The summed E-state index contributed by atoms with van der Waals surface area (Å²) in [7, 11) is 0.132. The number of rotatable bonds is 3. The van der Waals surface area contributed by atoms with Gasteiger partial charge in [0.25, 0.3) is 0 Å². The van der Waals surface area contributed by atoms with Crippen LogP contribution in [0.2, 0.25) is 0 Å². The lowest BCUT2D eigenvalue weighted by molar-refractivity contribution is 0.430. The summed E-state index contributed by atoms with van der Waals surface area (Å²) in [5.41, 5.74) is 4.81. The van der Waals surface area contributed by atoms with E-state index < -0.39 is 0 Å². The van der Waals surface area contributed by atoms with E-state index in [9.17, 15) is 0 Å². The quantitative estimate of drug-likeness (QED) is 0.672. The molecule has 1 fully saturated rings. The lowest BCUT2D eigenvalue weighted by Gasteiger charge is -2.36. The predicted octanol–water partition coefficient (Wildman–Crippen LogP) is 3.70. The smallest absolute Gasteiger partial charge is 0.0743 e. The fourth-order valence-corrected chi connectivity index (χ4v) is 4.18. The Bertz CT molecular complexity index is 905. The van der Waals surface area contributed by atoms with Crippen LogP contribution in [0.25, 0.3) is 16.6 Å². The molecule has 25 heavy (non-hydrogen) atoms. The van der Waals surface area contributed by atoms with Crippen LogP contribution in [0.15, 0.2) is 48.7 Å². The van der Waals surface area contributed by atoms with Crippen LogP contribution >= 0.6 is 10.7 Å². The molecule has 0 radical (unpaired) electrons. The molecule has 4 nitrogen and oxygen atoms in total. The predicted molar refractivity (Wildman–Crippen MR) is 110 cm³/mol. The summed E-state index contributed by atoms with van der Waals surface area (Å²) in [6, 6.07) is 15.2. The average molecular weight is 353 g/mol. The number of piperazine rings is 1. The van der Waals surface area contributed by atoms with E-state index in [1.54, 1.807) is 0 Å². The van der Waals surface area contributed by atoms with Gasteiger partial charge in [-0.2, -0.15) is 5.10 Å². The van der Waals surface area contributed by atoms with Crippen LogP contribution in [-0.2, 0) is 0 Å². The van der Waals surface area contributed by atoms with Gasteiger partial charge >= 0.3 is 0 Å². The molecule has 0 amide bonds. The Morgan fingerprint density at radius 1 is 0.960 bits per heavy atom. The molecule has 4 rings (SSSR count). The molecular weight excluding hydrogens is 328 g/mol. The van der Waals surface area contributed by atoms with Crippen LogP contribution < -0.4 is 4.90 Å². The first kappa shape index (κ1) is 16.4. The molecule has 130 valence electrons. The van der Waals surface area contributed by atoms with Gasteiger partial charge in [-0.3, -0.25) is 4.31 Å². The van der Waals surface area contributed by atoms with Gasteiger partial charge in [-0.15, -0.1) is 10.7 Å². The standard InChI is InChI=1S/C20H24N4S/c1-16-4-5-17-15-21-24(20(17)14-16)19-8-6-18(7-9-19)22-10-12-23(13-11-22)25(2)3/h4-9,14-15H,2,10-13H2,1,3H3. The number of fused-ring (bicyclic) bond motifs is 1. The second kappa shape index (κ2) is 6.65. The van der Waals surface area contributed by atoms with Gasteiger partial charge in [-0.25, -0.2) is 4.68 Å². The summed E-state index contributed by atoms with van der Waals surface area (Å²) in [5, 5.41) is 5.74. The lowest BCUT2D eigenvalue weighted by atomic mass is 10.2. The molecule has 3 aromatic rings. The van der Waals surface area contributed by atoms with Gasteiger partial charge in [-0.1, -0.05) is 18.0 Å². The normalized spacial score (nSPS) is 17.1. The van der Waals surface area contributed by atoms with Crippen LogP contribution in [0.1, 0.15) is 5.56 Å². The molecule has 0 spiro atoms. The van der Waals surface area contributed by atoms with Crippen molar-refractivity contribution in [2.24, 2.45) is 0 Å². The second-order valence-corrected chi connectivity index (χ2v) is 8.37. The lowest BCUT2D eigenvalue weighted by Crippen LogP contribution is -2.43. The third-order valence-electron chi connectivity index (χ3n) is 4.87. The van der Waals surface area contributed by atoms with Gasteiger partial charge in [0.05, 0.1) is 17.4 Å². The largest absolute Gasteiger partial charge is 0.369 e. The van der Waals surface area contributed by atoms with Crippen molar-refractivity contribution in [2.45, 2.75) is 6.92 Å². The van der Waals surface area contributed by atoms with Crippen molar-refractivity contribution < 1.29 is 0 Å². The topological polar surface area (TPSA) is 24.3 Å². The Kier molecular flexibility index (Phi) is 4.36. The van der Waals surface area contributed by atoms with Crippen LogP contribution in [0.4, 0.5) is 5.69 Å². The Labute approximate surface area is 151 Å². The number of anilines is 1. The maximum atomic E-state index is 4.57. The number of aryl methyl sites for hydroxylation is 1. The van der Waals surface area contributed by atoms with E-state index in [0.29, 0.717) is 0 Å². The SMILES string of the molecule is C=S(C)N1CCN(c2ccc(-n3ncc4ccc(C)cc43)cc2)CC1. The van der Waals surface area contributed by atoms with Gasteiger partial charge in [0.1, 0.15) is 0 Å². The van der Waals surface area contributed by atoms with E-state index in [1.807, 2.05) is 10.9 Å². The maximum Gasteiger partial charge on any atom is 0.0743 e. The molecular formula is C20H24N4S. The number of hydrogen-bond acceptors (Lipinski definition) is 3. The van der Waals surface area contributed by atoms with Crippen molar-refractivity contribution in [3.63, 3.8) is 0 Å². The zero-order valence-electron chi connectivity index (χ0n) is 14.9. The van der Waals surface area contributed by atoms with E-state index in [-0.39, 0.29) is 10.7 Å². The minimum atomic E-state index is 0.132. The molecule has 1 saturated heterocycles. The number of hydrogen-bond donors (Lipinski definition) is 0. The van der Waals surface area contributed by atoms with Crippen LogP contribution in [0, 0.1) is 6.92 Å². The molecule has 1 aliphatic heterocycles. The Balaban J connectivity index is 1.56. The van der Waals surface area contributed by atoms with Crippen molar-refractivity contribution in [1.82, 2.24) is 14.1 Å². The highest BCUT2D eigenvalue weighted by molar-refractivity contribution is 8.11. The van der Waals surface area contributed by atoms with Gasteiger partial charge in [-0.05, 0) is 49.1 Å². The first-order chi connectivity index (χ1) is 12.1. The van der Waals surface area contributed by atoms with Crippen LogP contribution in [0.5, 0.6) is 0 Å². The highest BCUT2D eigenvalue weighted by atomic mass is 32.2. The molecule has 0 bridgehead atoms. The van der Waals surface area contributed by atoms with Crippen molar-refractivity contribution in [3.8, 4) is 5.69 Å². The van der Waals surface area contributed by atoms with Gasteiger partial charge in [0, 0.05) is 37.3 Å². The average Bonchev–Trinajstić information content (AvgIpc) is 3.05. The van der Waals surface area contributed by atoms with Crippen molar-refractivity contribution in [1.29, 1.82) is 0 Å².